The van der Waals surface area contributed by atoms with Crippen LogP contribution in [0.25, 0.3) is 0 Å². The van der Waals surface area contributed by atoms with Crippen LogP contribution in [0.1, 0.15) is 23.1 Å². The summed E-state index contributed by atoms with van der Waals surface area (Å²) in [5.41, 5.74) is 3.97. The third kappa shape index (κ3) is 4.44. The van der Waals surface area contributed by atoms with Crippen molar-refractivity contribution in [3.8, 4) is 11.5 Å². The van der Waals surface area contributed by atoms with E-state index in [0.717, 1.165) is 16.8 Å². The zero-order valence-corrected chi connectivity index (χ0v) is 16.7. The van der Waals surface area contributed by atoms with Crippen LogP contribution in [0, 0.1) is 25.7 Å². The van der Waals surface area contributed by atoms with Crippen LogP contribution in [0.2, 0.25) is 0 Å². The van der Waals surface area contributed by atoms with Gasteiger partial charge in [-0.05, 0) is 61.2 Å². The second kappa shape index (κ2) is 8.33. The van der Waals surface area contributed by atoms with Crippen molar-refractivity contribution in [2.24, 2.45) is 11.8 Å². The summed E-state index contributed by atoms with van der Waals surface area (Å²) in [6, 6.07) is 11.3. The smallest absolute Gasteiger partial charge is 0.228 e. The van der Waals surface area contributed by atoms with Crippen LogP contribution >= 0.6 is 0 Å². The molecule has 2 amide bonds. The number of ether oxygens (including phenoxy) is 2. The first-order chi connectivity index (χ1) is 13.4. The Labute approximate surface area is 165 Å². The fourth-order valence-corrected chi connectivity index (χ4v) is 3.14. The standard InChI is InChI=1S/C22H26N2O4/c1-13-5-7-16(9-14(13)2)24-22(26)18-11-17(18)21(25)23-12-15-6-8-19(27-3)20(10-15)28-4/h5-10,17-18H,11-12H2,1-4H3,(H,23,25)(H,24,26). The molecule has 28 heavy (non-hydrogen) atoms. The number of anilines is 1. The summed E-state index contributed by atoms with van der Waals surface area (Å²) in [4.78, 5) is 24.8. The van der Waals surface area contributed by atoms with Gasteiger partial charge in [-0.2, -0.15) is 0 Å². The summed E-state index contributed by atoms with van der Waals surface area (Å²) in [6.45, 7) is 4.41. The largest absolute Gasteiger partial charge is 0.493 e. The van der Waals surface area contributed by atoms with Crippen LogP contribution in [0.15, 0.2) is 36.4 Å². The SMILES string of the molecule is COc1ccc(CNC(=O)C2CC2C(=O)Nc2ccc(C)c(C)c2)cc1OC. The molecule has 148 valence electrons. The summed E-state index contributed by atoms with van der Waals surface area (Å²) >= 11 is 0. The van der Waals surface area contributed by atoms with E-state index in [9.17, 15) is 9.59 Å². The monoisotopic (exact) mass is 382 g/mol. The van der Waals surface area contributed by atoms with E-state index in [1.807, 2.05) is 44.2 Å². The molecule has 0 aromatic heterocycles. The minimum Gasteiger partial charge on any atom is -0.493 e. The van der Waals surface area contributed by atoms with E-state index < -0.39 is 0 Å². The first-order valence-corrected chi connectivity index (χ1v) is 9.29. The second-order valence-electron chi connectivity index (χ2n) is 7.14. The van der Waals surface area contributed by atoms with Gasteiger partial charge in [0.05, 0.1) is 26.1 Å². The molecule has 1 fully saturated rings. The number of rotatable bonds is 7. The maximum atomic E-state index is 12.4. The van der Waals surface area contributed by atoms with Gasteiger partial charge in [-0.1, -0.05) is 12.1 Å². The topological polar surface area (TPSA) is 76.7 Å². The Morgan fingerprint density at radius 3 is 2.32 bits per heavy atom. The number of hydrogen-bond acceptors (Lipinski definition) is 4. The maximum absolute atomic E-state index is 12.4. The van der Waals surface area contributed by atoms with Gasteiger partial charge in [0.2, 0.25) is 11.8 Å². The average Bonchev–Trinajstić information content (AvgIpc) is 3.49. The van der Waals surface area contributed by atoms with Gasteiger partial charge in [0.25, 0.3) is 0 Å². The van der Waals surface area contributed by atoms with Crippen molar-refractivity contribution in [2.45, 2.75) is 26.8 Å². The number of benzene rings is 2. The fraction of sp³-hybridized carbons (Fsp3) is 0.364. The molecule has 0 heterocycles. The van der Waals surface area contributed by atoms with Crippen LogP contribution in [-0.4, -0.2) is 26.0 Å². The van der Waals surface area contributed by atoms with Crippen molar-refractivity contribution in [3.63, 3.8) is 0 Å². The quantitative estimate of drug-likeness (QED) is 0.771. The number of aryl methyl sites for hydroxylation is 2. The van der Waals surface area contributed by atoms with E-state index in [1.54, 1.807) is 20.3 Å². The summed E-state index contributed by atoms with van der Waals surface area (Å²) < 4.78 is 10.5. The molecule has 3 rings (SSSR count). The lowest BCUT2D eigenvalue weighted by Gasteiger charge is -2.10. The van der Waals surface area contributed by atoms with Gasteiger partial charge in [-0.3, -0.25) is 9.59 Å². The molecule has 0 spiro atoms. The molecular weight excluding hydrogens is 356 g/mol. The minimum atomic E-state index is -0.272. The Kier molecular flexibility index (Phi) is 5.87. The van der Waals surface area contributed by atoms with Crippen molar-refractivity contribution in [3.05, 3.63) is 53.1 Å². The second-order valence-corrected chi connectivity index (χ2v) is 7.14. The van der Waals surface area contributed by atoms with E-state index >= 15 is 0 Å². The van der Waals surface area contributed by atoms with Gasteiger partial charge in [0.15, 0.2) is 11.5 Å². The number of amides is 2. The van der Waals surface area contributed by atoms with Gasteiger partial charge < -0.3 is 20.1 Å². The molecule has 2 unspecified atom stereocenters. The molecule has 2 aromatic rings. The Morgan fingerprint density at radius 1 is 0.929 bits per heavy atom. The van der Waals surface area contributed by atoms with Crippen LogP contribution in [0.5, 0.6) is 11.5 Å². The highest BCUT2D eigenvalue weighted by Crippen LogP contribution is 2.39. The molecule has 6 heteroatoms. The highest BCUT2D eigenvalue weighted by atomic mass is 16.5. The number of carbonyl (C=O) groups excluding carboxylic acids is 2. The molecule has 2 aromatic carbocycles. The zero-order valence-electron chi connectivity index (χ0n) is 16.7. The molecular formula is C22H26N2O4. The Morgan fingerprint density at radius 2 is 1.64 bits per heavy atom. The molecule has 6 nitrogen and oxygen atoms in total. The summed E-state index contributed by atoms with van der Waals surface area (Å²) in [7, 11) is 3.15. The lowest BCUT2D eigenvalue weighted by molar-refractivity contribution is -0.125. The summed E-state index contributed by atoms with van der Waals surface area (Å²) in [5, 5.41) is 5.81. The molecule has 0 saturated heterocycles. The predicted octanol–water partition coefficient (Wildman–Crippen LogP) is 3.21. The average molecular weight is 382 g/mol. The highest BCUT2D eigenvalue weighted by molar-refractivity contribution is 5.99. The Bertz CT molecular complexity index is 894. The molecule has 2 atom stereocenters. The van der Waals surface area contributed by atoms with Crippen molar-refractivity contribution < 1.29 is 19.1 Å². The summed E-state index contributed by atoms with van der Waals surface area (Å²) in [5.74, 6) is 0.511. The summed E-state index contributed by atoms with van der Waals surface area (Å²) in [6.07, 6.45) is 0.578. The van der Waals surface area contributed by atoms with Crippen LogP contribution < -0.4 is 20.1 Å². The highest BCUT2D eigenvalue weighted by Gasteiger charge is 2.47. The van der Waals surface area contributed by atoms with Crippen molar-refractivity contribution in [1.29, 1.82) is 0 Å². The third-order valence-electron chi connectivity index (χ3n) is 5.15. The predicted molar refractivity (Wildman–Crippen MR) is 108 cm³/mol. The molecule has 0 radical (unpaired) electrons. The number of methoxy groups -OCH3 is 2. The van der Waals surface area contributed by atoms with Gasteiger partial charge in [0.1, 0.15) is 0 Å². The number of hydrogen-bond donors (Lipinski definition) is 2. The first-order valence-electron chi connectivity index (χ1n) is 9.29. The maximum Gasteiger partial charge on any atom is 0.228 e. The molecule has 1 saturated carbocycles. The van der Waals surface area contributed by atoms with Gasteiger partial charge >= 0.3 is 0 Å². The van der Waals surface area contributed by atoms with E-state index in [1.165, 1.54) is 5.56 Å². The van der Waals surface area contributed by atoms with Crippen molar-refractivity contribution >= 4 is 17.5 Å². The van der Waals surface area contributed by atoms with E-state index in [4.69, 9.17) is 9.47 Å². The number of carbonyl (C=O) groups is 2. The van der Waals surface area contributed by atoms with Crippen LogP contribution in [-0.2, 0) is 16.1 Å². The fourth-order valence-electron chi connectivity index (χ4n) is 3.14. The lowest BCUT2D eigenvalue weighted by atomic mass is 10.1. The Hall–Kier alpha value is -3.02. The zero-order chi connectivity index (χ0) is 20.3. The third-order valence-corrected chi connectivity index (χ3v) is 5.15. The molecule has 1 aliphatic rings. The van der Waals surface area contributed by atoms with Crippen molar-refractivity contribution in [2.75, 3.05) is 19.5 Å². The molecule has 2 N–H and O–H groups in total. The normalized spacial score (nSPS) is 17.6. The van der Waals surface area contributed by atoms with Gasteiger partial charge in [0, 0.05) is 12.2 Å². The van der Waals surface area contributed by atoms with E-state index in [-0.39, 0.29) is 23.7 Å². The lowest BCUT2D eigenvalue weighted by Crippen LogP contribution is -2.27. The van der Waals surface area contributed by atoms with Crippen molar-refractivity contribution in [1.82, 2.24) is 5.32 Å². The molecule has 1 aliphatic carbocycles. The van der Waals surface area contributed by atoms with Crippen LogP contribution in [0.4, 0.5) is 5.69 Å². The molecule has 0 bridgehead atoms. The van der Waals surface area contributed by atoms with Gasteiger partial charge in [-0.15, -0.1) is 0 Å². The minimum absolute atomic E-state index is 0.102. The van der Waals surface area contributed by atoms with Crippen LogP contribution in [0.3, 0.4) is 0 Å². The Balaban J connectivity index is 1.51. The van der Waals surface area contributed by atoms with E-state index in [0.29, 0.717) is 24.5 Å². The van der Waals surface area contributed by atoms with Gasteiger partial charge in [-0.25, -0.2) is 0 Å². The first kappa shape index (κ1) is 19.7. The van der Waals surface area contributed by atoms with E-state index in [2.05, 4.69) is 10.6 Å². The number of nitrogens with one attached hydrogen (secondary N) is 2. The molecule has 0 aliphatic heterocycles.